The first kappa shape index (κ1) is 11.4. The molecule has 0 spiro atoms. The number of ether oxygens (including phenoxy) is 1. The smallest absolute Gasteiger partial charge is 0.330 e. The first-order chi connectivity index (χ1) is 7.99. The highest BCUT2D eigenvalue weighted by Gasteiger charge is 2.26. The van der Waals surface area contributed by atoms with Gasteiger partial charge in [0.25, 0.3) is 0 Å². The van der Waals surface area contributed by atoms with Crippen LogP contribution in [0.4, 0.5) is 5.82 Å². The van der Waals surface area contributed by atoms with E-state index < -0.39 is 0 Å². The van der Waals surface area contributed by atoms with Crippen LogP contribution in [-0.2, 0) is 14.1 Å². The van der Waals surface area contributed by atoms with E-state index in [1.54, 1.807) is 18.7 Å². The minimum Gasteiger partial charge on any atom is -0.479 e. The summed E-state index contributed by atoms with van der Waals surface area (Å²) in [5, 5.41) is 7.91. The zero-order valence-electron chi connectivity index (χ0n) is 10.6. The van der Waals surface area contributed by atoms with E-state index in [2.05, 4.69) is 10.2 Å². The lowest BCUT2D eigenvalue weighted by molar-refractivity contribution is 0.398. The van der Waals surface area contributed by atoms with Gasteiger partial charge in [0, 0.05) is 28.2 Å². The molecular formula is C10H15N5O2. The van der Waals surface area contributed by atoms with E-state index in [1.165, 1.54) is 11.7 Å². The fourth-order valence-corrected chi connectivity index (χ4v) is 1.96. The average molecular weight is 237 g/mol. The highest BCUT2D eigenvalue weighted by molar-refractivity contribution is 5.77. The molecule has 7 nitrogen and oxygen atoms in total. The normalized spacial score (nSPS) is 10.9. The van der Waals surface area contributed by atoms with Gasteiger partial charge in [-0.25, -0.2) is 4.79 Å². The van der Waals surface area contributed by atoms with Crippen LogP contribution in [0.1, 0.15) is 0 Å². The second-order valence-electron chi connectivity index (χ2n) is 4.03. The van der Waals surface area contributed by atoms with Gasteiger partial charge in [-0.2, -0.15) is 0 Å². The molecule has 0 aromatic carbocycles. The van der Waals surface area contributed by atoms with Gasteiger partial charge in [0.05, 0.1) is 7.11 Å². The van der Waals surface area contributed by atoms with Crippen molar-refractivity contribution in [3.8, 4) is 17.3 Å². The molecule has 2 aliphatic heterocycles. The minimum absolute atomic E-state index is 0.149. The van der Waals surface area contributed by atoms with E-state index in [-0.39, 0.29) is 5.69 Å². The zero-order valence-corrected chi connectivity index (χ0v) is 10.6. The van der Waals surface area contributed by atoms with Gasteiger partial charge in [-0.15, -0.1) is 10.2 Å². The summed E-state index contributed by atoms with van der Waals surface area (Å²) in [6, 6.07) is 0. The van der Waals surface area contributed by atoms with Gasteiger partial charge in [-0.05, 0) is 0 Å². The molecule has 0 fully saturated rings. The van der Waals surface area contributed by atoms with E-state index in [1.807, 2.05) is 19.0 Å². The highest BCUT2D eigenvalue weighted by Crippen LogP contribution is 2.35. The largest absolute Gasteiger partial charge is 0.479 e. The van der Waals surface area contributed by atoms with Gasteiger partial charge in [0.2, 0.25) is 5.88 Å². The Balaban J connectivity index is 2.95. The third-order valence-electron chi connectivity index (χ3n) is 2.72. The summed E-state index contributed by atoms with van der Waals surface area (Å²) in [4.78, 5) is 13.8. The molecule has 0 saturated heterocycles. The van der Waals surface area contributed by atoms with Crippen molar-refractivity contribution in [1.29, 1.82) is 0 Å². The first-order valence-corrected chi connectivity index (χ1v) is 5.12. The maximum Gasteiger partial charge on any atom is 0.330 e. The fraction of sp³-hybridized carbons (Fsp3) is 0.500. The topological polar surface area (TPSA) is 65.2 Å². The molecule has 2 rings (SSSR count). The highest BCUT2D eigenvalue weighted by atomic mass is 16.5. The molecule has 0 N–H and O–H groups in total. The number of fused-ring (bicyclic) bond motifs is 1. The average Bonchev–Trinajstić information content (AvgIpc) is 2.69. The van der Waals surface area contributed by atoms with Gasteiger partial charge in [0.15, 0.2) is 5.82 Å². The van der Waals surface area contributed by atoms with Crippen LogP contribution in [0.3, 0.4) is 0 Å². The lowest BCUT2D eigenvalue weighted by Crippen LogP contribution is -2.33. The lowest BCUT2D eigenvalue weighted by atomic mass is 10.2. The van der Waals surface area contributed by atoms with Gasteiger partial charge >= 0.3 is 5.69 Å². The molecule has 92 valence electrons. The molecular weight excluding hydrogens is 222 g/mol. The van der Waals surface area contributed by atoms with Crippen LogP contribution >= 0.6 is 0 Å². The van der Waals surface area contributed by atoms with E-state index in [0.29, 0.717) is 11.7 Å². The molecule has 0 aromatic heterocycles. The monoisotopic (exact) mass is 237 g/mol. The van der Waals surface area contributed by atoms with Gasteiger partial charge in [-0.1, -0.05) is 0 Å². The van der Waals surface area contributed by atoms with Crippen LogP contribution in [0.15, 0.2) is 4.79 Å². The molecule has 0 aliphatic carbocycles. The van der Waals surface area contributed by atoms with Crippen LogP contribution in [0.5, 0.6) is 5.88 Å². The third kappa shape index (κ3) is 1.46. The maximum absolute atomic E-state index is 12.0. The minimum atomic E-state index is -0.149. The van der Waals surface area contributed by atoms with Crippen molar-refractivity contribution in [3.05, 3.63) is 10.5 Å². The Kier molecular flexibility index (Phi) is 2.53. The Morgan fingerprint density at radius 2 is 1.82 bits per heavy atom. The molecule has 0 atom stereocenters. The number of hydrogen-bond donors (Lipinski definition) is 0. The van der Waals surface area contributed by atoms with Crippen molar-refractivity contribution in [2.45, 2.75) is 0 Å². The van der Waals surface area contributed by atoms with Crippen molar-refractivity contribution in [2.75, 3.05) is 26.1 Å². The van der Waals surface area contributed by atoms with E-state index in [4.69, 9.17) is 4.74 Å². The number of hydrogen-bond acceptors (Lipinski definition) is 5. The van der Waals surface area contributed by atoms with Gasteiger partial charge in [-0.3, -0.25) is 9.13 Å². The summed E-state index contributed by atoms with van der Waals surface area (Å²) in [6.07, 6.45) is 0. The molecule has 0 saturated carbocycles. The Hall–Kier alpha value is -2.05. The molecule has 2 heterocycles. The number of aromatic nitrogens is 4. The first-order valence-electron chi connectivity index (χ1n) is 5.12. The van der Waals surface area contributed by atoms with Crippen molar-refractivity contribution in [1.82, 2.24) is 19.3 Å². The van der Waals surface area contributed by atoms with Crippen LogP contribution in [-0.4, -0.2) is 40.5 Å². The second kappa shape index (κ2) is 3.76. The Morgan fingerprint density at radius 1 is 1.18 bits per heavy atom. The fourth-order valence-electron chi connectivity index (χ4n) is 1.96. The Morgan fingerprint density at radius 3 is 2.35 bits per heavy atom. The van der Waals surface area contributed by atoms with Crippen LogP contribution in [0.2, 0.25) is 0 Å². The summed E-state index contributed by atoms with van der Waals surface area (Å²) < 4.78 is 8.19. The molecule has 0 aromatic rings. The molecule has 7 heteroatoms. The molecule has 17 heavy (non-hydrogen) atoms. The van der Waals surface area contributed by atoms with E-state index >= 15 is 0 Å². The summed E-state index contributed by atoms with van der Waals surface area (Å²) >= 11 is 0. The van der Waals surface area contributed by atoms with E-state index in [9.17, 15) is 4.79 Å². The van der Waals surface area contributed by atoms with Crippen molar-refractivity contribution < 1.29 is 4.74 Å². The SMILES string of the molecule is COc1nnc2n(C)c(=O)n(C)c(N(C)C)c1-2. The summed E-state index contributed by atoms with van der Waals surface area (Å²) in [5.74, 6) is 1.67. The molecule has 2 aliphatic rings. The Bertz CT molecular complexity index is 583. The third-order valence-corrected chi connectivity index (χ3v) is 2.72. The number of nitrogens with zero attached hydrogens (tertiary/aromatic N) is 5. The van der Waals surface area contributed by atoms with Crippen molar-refractivity contribution in [2.24, 2.45) is 14.1 Å². The number of methoxy groups -OCH3 is 1. The Labute approximate surface area is 98.6 Å². The quantitative estimate of drug-likeness (QED) is 0.717. The van der Waals surface area contributed by atoms with Crippen LogP contribution < -0.4 is 15.3 Å². The predicted molar refractivity (Wildman–Crippen MR) is 63.7 cm³/mol. The van der Waals surface area contributed by atoms with Gasteiger partial charge in [0.1, 0.15) is 11.4 Å². The van der Waals surface area contributed by atoms with Crippen LogP contribution in [0, 0.1) is 0 Å². The summed E-state index contributed by atoms with van der Waals surface area (Å²) in [5.41, 5.74) is 0.589. The standard InChI is InChI=1S/C10H15N5O2/c1-13(2)9-6-7(11-12-8(6)17-5)14(3)10(16)15(9)4/h1-5H3. The molecule has 0 radical (unpaired) electrons. The number of rotatable bonds is 2. The second-order valence-corrected chi connectivity index (χ2v) is 4.03. The summed E-state index contributed by atoms with van der Waals surface area (Å²) in [7, 11) is 8.64. The van der Waals surface area contributed by atoms with Crippen molar-refractivity contribution in [3.63, 3.8) is 0 Å². The molecule has 0 amide bonds. The number of anilines is 1. The molecule has 0 unspecified atom stereocenters. The van der Waals surface area contributed by atoms with Crippen molar-refractivity contribution >= 4 is 5.82 Å². The maximum atomic E-state index is 12.0. The molecule has 0 bridgehead atoms. The van der Waals surface area contributed by atoms with Gasteiger partial charge < -0.3 is 9.64 Å². The summed E-state index contributed by atoms with van der Waals surface area (Å²) in [6.45, 7) is 0. The predicted octanol–water partition coefficient (Wildman–Crippen LogP) is -0.307. The van der Waals surface area contributed by atoms with E-state index in [0.717, 1.165) is 11.4 Å². The zero-order chi connectivity index (χ0) is 12.7. The lowest BCUT2D eigenvalue weighted by Gasteiger charge is -2.21. The van der Waals surface area contributed by atoms with Crippen LogP contribution in [0.25, 0.3) is 11.4 Å².